The monoisotopic (exact) mass is 247 g/mol. The summed E-state index contributed by atoms with van der Waals surface area (Å²) in [5, 5.41) is 3.54. The lowest BCUT2D eigenvalue weighted by molar-refractivity contribution is 0.342. The van der Waals surface area contributed by atoms with Gasteiger partial charge in [-0.1, -0.05) is 32.4 Å². The van der Waals surface area contributed by atoms with Gasteiger partial charge in [0.25, 0.3) is 0 Å². The largest absolute Gasteiger partial charge is 0.497 e. The van der Waals surface area contributed by atoms with Crippen molar-refractivity contribution in [3.63, 3.8) is 0 Å². The van der Waals surface area contributed by atoms with E-state index in [9.17, 15) is 0 Å². The molecule has 0 bridgehead atoms. The lowest BCUT2D eigenvalue weighted by Crippen LogP contribution is -2.31. The summed E-state index contributed by atoms with van der Waals surface area (Å²) in [6.45, 7) is 6.88. The maximum Gasteiger partial charge on any atom is 0.119 e. The van der Waals surface area contributed by atoms with E-state index in [1.54, 1.807) is 7.11 Å². The number of methoxy groups -OCH3 is 1. The van der Waals surface area contributed by atoms with Gasteiger partial charge in [0.15, 0.2) is 0 Å². The summed E-state index contributed by atoms with van der Waals surface area (Å²) in [6.07, 6.45) is 3.76. The highest BCUT2D eigenvalue weighted by molar-refractivity contribution is 5.35. The first kappa shape index (κ1) is 13.4. The van der Waals surface area contributed by atoms with E-state index >= 15 is 0 Å². The molecule has 0 aliphatic carbocycles. The average molecular weight is 247 g/mol. The zero-order valence-corrected chi connectivity index (χ0v) is 11.8. The van der Waals surface area contributed by atoms with E-state index < -0.39 is 0 Å². The van der Waals surface area contributed by atoms with Crippen molar-refractivity contribution in [1.29, 1.82) is 0 Å². The predicted molar refractivity (Wildman–Crippen MR) is 76.2 cm³/mol. The topological polar surface area (TPSA) is 21.3 Å². The second kappa shape index (κ2) is 5.75. The number of benzene rings is 1. The van der Waals surface area contributed by atoms with Crippen LogP contribution in [0.5, 0.6) is 5.75 Å². The van der Waals surface area contributed by atoms with Gasteiger partial charge in [-0.15, -0.1) is 0 Å². The van der Waals surface area contributed by atoms with E-state index in [0.717, 1.165) is 24.8 Å². The van der Waals surface area contributed by atoms with Crippen LogP contribution in [0.15, 0.2) is 24.3 Å². The van der Waals surface area contributed by atoms with Crippen LogP contribution in [0.4, 0.5) is 0 Å². The maximum absolute atomic E-state index is 5.37. The summed E-state index contributed by atoms with van der Waals surface area (Å²) < 4.78 is 5.37. The van der Waals surface area contributed by atoms with Crippen LogP contribution >= 0.6 is 0 Å². The molecule has 1 aromatic rings. The minimum Gasteiger partial charge on any atom is -0.497 e. The lowest BCUT2D eigenvalue weighted by Gasteiger charge is -2.32. The molecule has 1 fully saturated rings. The summed E-state index contributed by atoms with van der Waals surface area (Å²) >= 11 is 0. The van der Waals surface area contributed by atoms with Crippen molar-refractivity contribution in [2.45, 2.75) is 38.5 Å². The Morgan fingerprint density at radius 3 is 2.89 bits per heavy atom. The van der Waals surface area contributed by atoms with Gasteiger partial charge in [-0.3, -0.25) is 0 Å². The van der Waals surface area contributed by atoms with Gasteiger partial charge in [0.2, 0.25) is 0 Å². The minimum absolute atomic E-state index is 0.309. The Bertz CT molecular complexity index is 382. The molecule has 2 atom stereocenters. The van der Waals surface area contributed by atoms with Crippen molar-refractivity contribution in [2.75, 3.05) is 20.2 Å². The Morgan fingerprint density at radius 1 is 1.44 bits per heavy atom. The number of hydrogen-bond donors (Lipinski definition) is 1. The molecule has 0 amide bonds. The number of rotatable bonds is 5. The molecule has 1 N–H and O–H groups in total. The molecule has 1 saturated heterocycles. The van der Waals surface area contributed by atoms with Crippen molar-refractivity contribution < 1.29 is 4.74 Å². The van der Waals surface area contributed by atoms with Crippen LogP contribution in [0.2, 0.25) is 0 Å². The number of ether oxygens (including phenoxy) is 1. The molecule has 1 aromatic carbocycles. The van der Waals surface area contributed by atoms with Crippen molar-refractivity contribution in [3.05, 3.63) is 29.8 Å². The highest BCUT2D eigenvalue weighted by Crippen LogP contribution is 2.38. The Labute approximate surface area is 111 Å². The van der Waals surface area contributed by atoms with Gasteiger partial charge >= 0.3 is 0 Å². The van der Waals surface area contributed by atoms with E-state index in [4.69, 9.17) is 4.74 Å². The van der Waals surface area contributed by atoms with E-state index in [0.29, 0.717) is 5.41 Å². The zero-order chi connectivity index (χ0) is 13.0. The van der Waals surface area contributed by atoms with Gasteiger partial charge in [0, 0.05) is 12.0 Å². The second-order valence-electron chi connectivity index (χ2n) is 5.66. The van der Waals surface area contributed by atoms with Gasteiger partial charge in [0.1, 0.15) is 5.75 Å². The highest BCUT2D eigenvalue weighted by atomic mass is 16.5. The lowest BCUT2D eigenvalue weighted by atomic mass is 9.73. The van der Waals surface area contributed by atoms with E-state index in [-0.39, 0.29) is 0 Å². The molecule has 1 heterocycles. The first-order valence-electron chi connectivity index (χ1n) is 7.05. The first-order valence-corrected chi connectivity index (χ1v) is 7.05. The molecule has 0 spiro atoms. The number of hydrogen-bond acceptors (Lipinski definition) is 2. The third-order valence-electron chi connectivity index (χ3n) is 4.36. The smallest absolute Gasteiger partial charge is 0.119 e. The van der Waals surface area contributed by atoms with Crippen LogP contribution in [-0.2, 0) is 5.41 Å². The first-order chi connectivity index (χ1) is 8.70. The van der Waals surface area contributed by atoms with Crippen LogP contribution < -0.4 is 10.1 Å². The van der Waals surface area contributed by atoms with Crippen molar-refractivity contribution in [3.8, 4) is 5.75 Å². The Kier molecular flexibility index (Phi) is 4.28. The fraction of sp³-hybridized carbons (Fsp3) is 0.625. The van der Waals surface area contributed by atoms with Crippen LogP contribution in [0.25, 0.3) is 0 Å². The van der Waals surface area contributed by atoms with Crippen LogP contribution in [0, 0.1) is 5.92 Å². The summed E-state index contributed by atoms with van der Waals surface area (Å²) in [4.78, 5) is 0. The van der Waals surface area contributed by atoms with Gasteiger partial charge in [-0.2, -0.15) is 0 Å². The predicted octanol–water partition coefficient (Wildman–Crippen LogP) is 3.36. The summed E-state index contributed by atoms with van der Waals surface area (Å²) in [5.41, 5.74) is 1.75. The molecule has 0 unspecified atom stereocenters. The van der Waals surface area contributed by atoms with E-state index in [1.165, 1.54) is 24.8 Å². The van der Waals surface area contributed by atoms with Gasteiger partial charge in [0.05, 0.1) is 7.11 Å². The van der Waals surface area contributed by atoms with Gasteiger partial charge in [-0.25, -0.2) is 0 Å². The molecule has 2 heteroatoms. The highest BCUT2D eigenvalue weighted by Gasteiger charge is 2.36. The maximum atomic E-state index is 5.37. The third kappa shape index (κ3) is 2.69. The fourth-order valence-corrected chi connectivity index (χ4v) is 3.05. The third-order valence-corrected chi connectivity index (χ3v) is 4.36. The molecular weight excluding hydrogens is 222 g/mol. The molecule has 1 aliphatic heterocycles. The fourth-order valence-electron chi connectivity index (χ4n) is 3.05. The quantitative estimate of drug-likeness (QED) is 0.861. The standard InChI is InChI=1S/C16H25NO/c1-4-13(2)11-16(8-9-17-12-16)14-6-5-7-15(10-14)18-3/h5-7,10,13,17H,4,8-9,11-12H2,1-3H3/t13-,16+/m0/s1. The second-order valence-corrected chi connectivity index (χ2v) is 5.66. The molecule has 0 aromatic heterocycles. The van der Waals surface area contributed by atoms with E-state index in [2.05, 4.69) is 37.4 Å². The summed E-state index contributed by atoms with van der Waals surface area (Å²) in [5.74, 6) is 1.75. The van der Waals surface area contributed by atoms with Gasteiger partial charge in [-0.05, 0) is 43.0 Å². The summed E-state index contributed by atoms with van der Waals surface area (Å²) in [6, 6.07) is 8.63. The molecule has 100 valence electrons. The van der Waals surface area contributed by atoms with Crippen molar-refractivity contribution >= 4 is 0 Å². The van der Waals surface area contributed by atoms with Crippen LogP contribution in [0.3, 0.4) is 0 Å². The molecule has 2 rings (SSSR count). The molecule has 18 heavy (non-hydrogen) atoms. The molecule has 2 nitrogen and oxygen atoms in total. The zero-order valence-electron chi connectivity index (χ0n) is 11.8. The Balaban J connectivity index is 2.28. The SMILES string of the molecule is CC[C@H](C)C[C@]1(c2cccc(OC)c2)CCNC1. The molecular formula is C16H25NO. The molecule has 0 radical (unpaired) electrons. The van der Waals surface area contributed by atoms with Crippen molar-refractivity contribution in [1.82, 2.24) is 5.32 Å². The number of nitrogens with one attached hydrogen (secondary N) is 1. The van der Waals surface area contributed by atoms with Crippen molar-refractivity contribution in [2.24, 2.45) is 5.92 Å². The summed E-state index contributed by atoms with van der Waals surface area (Å²) in [7, 11) is 1.74. The van der Waals surface area contributed by atoms with Crippen LogP contribution in [-0.4, -0.2) is 20.2 Å². The normalized spacial score (nSPS) is 25.1. The Hall–Kier alpha value is -1.02. The molecule has 0 saturated carbocycles. The molecule has 1 aliphatic rings. The van der Waals surface area contributed by atoms with E-state index in [1.807, 2.05) is 6.07 Å². The average Bonchev–Trinajstić information content (AvgIpc) is 2.88. The minimum atomic E-state index is 0.309. The van der Waals surface area contributed by atoms with Crippen LogP contribution in [0.1, 0.15) is 38.7 Å². The van der Waals surface area contributed by atoms with Gasteiger partial charge < -0.3 is 10.1 Å². The Morgan fingerprint density at radius 2 is 2.28 bits per heavy atom.